The highest BCUT2D eigenvalue weighted by Crippen LogP contribution is 2.34. The van der Waals surface area contributed by atoms with Crippen molar-refractivity contribution in [1.29, 1.82) is 5.26 Å². The van der Waals surface area contributed by atoms with Gasteiger partial charge in [-0.1, -0.05) is 60.7 Å². The maximum atomic E-state index is 9.21. The van der Waals surface area contributed by atoms with Gasteiger partial charge in [-0.15, -0.1) is 0 Å². The minimum Gasteiger partial charge on any atom is -0.365 e. The number of nitrogens with one attached hydrogen (secondary N) is 1. The highest BCUT2D eigenvalue weighted by molar-refractivity contribution is 6.03. The molecule has 0 aliphatic heterocycles. The van der Waals surface area contributed by atoms with E-state index >= 15 is 0 Å². The largest absolute Gasteiger partial charge is 0.365 e. The molecular weight excluding hydrogens is 330 g/mol. The standard InChI is InChI=1S/C24H19N3/c1-17-7-5-12-21-22(20-11-6-10-19(13-20)14-25)16-27-24(23(17)21)26-15-18-8-3-2-4-9-18/h2-13,16H,15H2,1H3,(H,26,27). The van der Waals surface area contributed by atoms with Gasteiger partial charge in [-0.2, -0.15) is 5.26 Å². The van der Waals surface area contributed by atoms with Crippen LogP contribution in [0.25, 0.3) is 21.9 Å². The van der Waals surface area contributed by atoms with E-state index in [1.54, 1.807) is 0 Å². The normalized spacial score (nSPS) is 10.5. The zero-order valence-corrected chi connectivity index (χ0v) is 15.1. The van der Waals surface area contributed by atoms with Crippen molar-refractivity contribution in [3.05, 3.63) is 95.7 Å². The number of pyridine rings is 1. The monoisotopic (exact) mass is 349 g/mol. The second-order valence-corrected chi connectivity index (χ2v) is 6.55. The average Bonchev–Trinajstić information content (AvgIpc) is 2.73. The van der Waals surface area contributed by atoms with Gasteiger partial charge in [0.15, 0.2) is 0 Å². The molecule has 0 aliphatic carbocycles. The fraction of sp³-hybridized carbons (Fsp3) is 0.0833. The third-order valence-corrected chi connectivity index (χ3v) is 4.73. The lowest BCUT2D eigenvalue weighted by atomic mass is 9.97. The molecule has 0 unspecified atom stereocenters. The molecule has 1 N–H and O–H groups in total. The Hall–Kier alpha value is -3.64. The molecule has 27 heavy (non-hydrogen) atoms. The van der Waals surface area contributed by atoms with Gasteiger partial charge in [0.1, 0.15) is 5.82 Å². The van der Waals surface area contributed by atoms with E-state index in [1.807, 2.05) is 48.7 Å². The van der Waals surface area contributed by atoms with Gasteiger partial charge >= 0.3 is 0 Å². The summed E-state index contributed by atoms with van der Waals surface area (Å²) in [5.74, 6) is 0.882. The van der Waals surface area contributed by atoms with E-state index < -0.39 is 0 Å². The van der Waals surface area contributed by atoms with E-state index in [0.717, 1.165) is 34.3 Å². The van der Waals surface area contributed by atoms with Crippen molar-refractivity contribution in [3.8, 4) is 17.2 Å². The van der Waals surface area contributed by atoms with Gasteiger partial charge in [0.25, 0.3) is 0 Å². The van der Waals surface area contributed by atoms with Gasteiger partial charge in [-0.05, 0) is 41.1 Å². The molecule has 1 aromatic heterocycles. The summed E-state index contributed by atoms with van der Waals surface area (Å²) in [6.07, 6.45) is 1.89. The third kappa shape index (κ3) is 3.38. The number of fused-ring (bicyclic) bond motifs is 1. The molecule has 3 heteroatoms. The van der Waals surface area contributed by atoms with E-state index in [0.29, 0.717) is 5.56 Å². The van der Waals surface area contributed by atoms with Crippen molar-refractivity contribution in [2.24, 2.45) is 0 Å². The Balaban J connectivity index is 1.80. The number of rotatable bonds is 4. The molecule has 0 bridgehead atoms. The molecule has 0 amide bonds. The van der Waals surface area contributed by atoms with Crippen LogP contribution in [0, 0.1) is 18.3 Å². The molecule has 0 radical (unpaired) electrons. The minimum absolute atomic E-state index is 0.652. The molecular formula is C24H19N3. The van der Waals surface area contributed by atoms with Crippen molar-refractivity contribution in [2.75, 3.05) is 5.32 Å². The summed E-state index contributed by atoms with van der Waals surface area (Å²) >= 11 is 0. The molecule has 3 aromatic carbocycles. The van der Waals surface area contributed by atoms with Crippen molar-refractivity contribution < 1.29 is 0 Å². The van der Waals surface area contributed by atoms with Crippen LogP contribution in [0.5, 0.6) is 0 Å². The van der Waals surface area contributed by atoms with Crippen LogP contribution in [0.1, 0.15) is 16.7 Å². The molecule has 0 spiro atoms. The quantitative estimate of drug-likeness (QED) is 0.514. The smallest absolute Gasteiger partial charge is 0.134 e. The van der Waals surface area contributed by atoms with Crippen LogP contribution in [0.3, 0.4) is 0 Å². The molecule has 0 atom stereocenters. The maximum absolute atomic E-state index is 9.21. The molecule has 0 saturated heterocycles. The zero-order chi connectivity index (χ0) is 18.6. The van der Waals surface area contributed by atoms with Crippen LogP contribution in [-0.4, -0.2) is 4.98 Å². The first kappa shape index (κ1) is 16.8. The van der Waals surface area contributed by atoms with Crippen LogP contribution in [-0.2, 0) is 6.54 Å². The second-order valence-electron chi connectivity index (χ2n) is 6.55. The zero-order valence-electron chi connectivity index (χ0n) is 15.1. The van der Waals surface area contributed by atoms with Gasteiger partial charge in [0, 0.05) is 23.7 Å². The van der Waals surface area contributed by atoms with Crippen LogP contribution in [0.15, 0.2) is 79.0 Å². The van der Waals surface area contributed by atoms with E-state index in [-0.39, 0.29) is 0 Å². The van der Waals surface area contributed by atoms with E-state index in [9.17, 15) is 5.26 Å². The Bertz CT molecular complexity index is 1140. The Morgan fingerprint density at radius 1 is 0.963 bits per heavy atom. The van der Waals surface area contributed by atoms with Crippen LogP contribution in [0.4, 0.5) is 5.82 Å². The topological polar surface area (TPSA) is 48.7 Å². The summed E-state index contributed by atoms with van der Waals surface area (Å²) in [6, 6.07) is 26.5. The SMILES string of the molecule is Cc1cccc2c(-c3cccc(C#N)c3)cnc(NCc3ccccc3)c12. The first-order valence-electron chi connectivity index (χ1n) is 8.93. The van der Waals surface area contributed by atoms with E-state index in [1.165, 1.54) is 11.1 Å². The molecule has 4 rings (SSSR count). The van der Waals surface area contributed by atoms with Gasteiger partial charge in [0.2, 0.25) is 0 Å². The van der Waals surface area contributed by atoms with E-state index in [4.69, 9.17) is 4.98 Å². The lowest BCUT2D eigenvalue weighted by molar-refractivity contribution is 1.12. The average molecular weight is 349 g/mol. The van der Waals surface area contributed by atoms with Crippen LogP contribution < -0.4 is 5.32 Å². The number of hydrogen-bond donors (Lipinski definition) is 1. The fourth-order valence-corrected chi connectivity index (χ4v) is 3.37. The summed E-state index contributed by atoms with van der Waals surface area (Å²) in [4.78, 5) is 4.72. The number of aryl methyl sites for hydroxylation is 1. The molecule has 130 valence electrons. The summed E-state index contributed by atoms with van der Waals surface area (Å²) in [6.45, 7) is 2.83. The second kappa shape index (κ2) is 7.31. The highest BCUT2D eigenvalue weighted by Gasteiger charge is 2.11. The lowest BCUT2D eigenvalue weighted by Gasteiger charge is -2.14. The minimum atomic E-state index is 0.652. The Morgan fingerprint density at radius 3 is 2.59 bits per heavy atom. The Kier molecular flexibility index (Phi) is 4.55. The summed E-state index contributed by atoms with van der Waals surface area (Å²) < 4.78 is 0. The predicted octanol–water partition coefficient (Wildman–Crippen LogP) is 5.69. The molecule has 0 fully saturated rings. The summed E-state index contributed by atoms with van der Waals surface area (Å²) in [7, 11) is 0. The third-order valence-electron chi connectivity index (χ3n) is 4.73. The number of hydrogen-bond acceptors (Lipinski definition) is 3. The Morgan fingerprint density at radius 2 is 1.78 bits per heavy atom. The molecule has 3 nitrogen and oxygen atoms in total. The summed E-state index contributed by atoms with van der Waals surface area (Å²) in [5.41, 5.74) is 5.09. The number of nitrogens with zero attached hydrogens (tertiary/aromatic N) is 2. The van der Waals surface area contributed by atoms with Crippen molar-refractivity contribution in [1.82, 2.24) is 4.98 Å². The van der Waals surface area contributed by atoms with Crippen molar-refractivity contribution in [3.63, 3.8) is 0 Å². The number of aromatic nitrogens is 1. The van der Waals surface area contributed by atoms with Crippen LogP contribution in [0.2, 0.25) is 0 Å². The molecule has 4 aromatic rings. The number of anilines is 1. The van der Waals surface area contributed by atoms with Crippen molar-refractivity contribution in [2.45, 2.75) is 13.5 Å². The lowest BCUT2D eigenvalue weighted by Crippen LogP contribution is -2.03. The van der Waals surface area contributed by atoms with Crippen LogP contribution >= 0.6 is 0 Å². The maximum Gasteiger partial charge on any atom is 0.134 e. The molecule has 0 saturated carbocycles. The fourth-order valence-electron chi connectivity index (χ4n) is 3.37. The van der Waals surface area contributed by atoms with Gasteiger partial charge in [-0.3, -0.25) is 0 Å². The number of nitriles is 1. The summed E-state index contributed by atoms with van der Waals surface area (Å²) in [5, 5.41) is 14.9. The number of benzene rings is 3. The first-order valence-corrected chi connectivity index (χ1v) is 8.93. The first-order chi connectivity index (χ1) is 13.3. The Labute approximate surface area is 158 Å². The molecule has 0 aliphatic rings. The van der Waals surface area contributed by atoms with Gasteiger partial charge in [-0.25, -0.2) is 4.98 Å². The molecule has 1 heterocycles. The van der Waals surface area contributed by atoms with Crippen molar-refractivity contribution >= 4 is 16.6 Å². The van der Waals surface area contributed by atoms with Gasteiger partial charge in [0.05, 0.1) is 11.6 Å². The predicted molar refractivity (Wildman–Crippen MR) is 110 cm³/mol. The van der Waals surface area contributed by atoms with E-state index in [2.05, 4.69) is 48.6 Å². The highest BCUT2D eigenvalue weighted by atomic mass is 15.0. The van der Waals surface area contributed by atoms with Gasteiger partial charge < -0.3 is 5.32 Å².